The summed E-state index contributed by atoms with van der Waals surface area (Å²) in [5.41, 5.74) is 5.17. The molecule has 0 N–H and O–H groups in total. The molecular weight excluding hydrogens is 625 g/mol. The van der Waals surface area contributed by atoms with Crippen LogP contribution in [-0.4, -0.2) is 0 Å². The van der Waals surface area contributed by atoms with Gasteiger partial charge < -0.3 is 0 Å². The van der Waals surface area contributed by atoms with Crippen LogP contribution in [0.4, 0.5) is 0 Å². The van der Waals surface area contributed by atoms with Gasteiger partial charge in [0.05, 0.1) is 0 Å². The van der Waals surface area contributed by atoms with Crippen molar-refractivity contribution in [1.82, 2.24) is 0 Å². The monoisotopic (exact) mass is 652 g/mol. The summed E-state index contributed by atoms with van der Waals surface area (Å²) in [5, 5.41) is 26.6. The third-order valence-corrected chi connectivity index (χ3v) is 12.2. The molecule has 13 rings (SSSR count). The van der Waals surface area contributed by atoms with E-state index in [1.165, 1.54) is 130 Å². The van der Waals surface area contributed by atoms with E-state index >= 15 is 0 Å². The molecule has 13 aromatic carbocycles. The number of fused-ring (bicyclic) bond motifs is 9. The Balaban J connectivity index is 1.40. The molecule has 0 fully saturated rings. The predicted molar refractivity (Wildman–Crippen MR) is 226 cm³/mol. The van der Waals surface area contributed by atoms with Crippen molar-refractivity contribution in [3.05, 3.63) is 170 Å². The molecule has 0 radical (unpaired) electrons. The van der Waals surface area contributed by atoms with E-state index < -0.39 is 0 Å². The van der Waals surface area contributed by atoms with Crippen LogP contribution < -0.4 is 0 Å². The molecule has 0 saturated carbocycles. The van der Waals surface area contributed by atoms with Crippen molar-refractivity contribution in [3.63, 3.8) is 0 Å². The topological polar surface area (TPSA) is 0 Å². The van der Waals surface area contributed by atoms with Gasteiger partial charge in [-0.05, 0) is 148 Å². The van der Waals surface area contributed by atoms with Gasteiger partial charge in [0.15, 0.2) is 0 Å². The highest BCUT2D eigenvalue weighted by atomic mass is 14.3. The lowest BCUT2D eigenvalue weighted by Gasteiger charge is -2.19. The maximum atomic E-state index is 2.54. The highest BCUT2D eigenvalue weighted by Gasteiger charge is 2.27. The van der Waals surface area contributed by atoms with Crippen LogP contribution in [0.3, 0.4) is 0 Å². The average molecular weight is 653 g/mol. The maximum Gasteiger partial charge on any atom is -0.000717 e. The Hall–Kier alpha value is -6.76. The van der Waals surface area contributed by atoms with Crippen molar-refractivity contribution >= 4 is 108 Å². The van der Waals surface area contributed by atoms with E-state index in [1.54, 1.807) is 0 Å². The van der Waals surface area contributed by atoms with Crippen molar-refractivity contribution in [3.8, 4) is 22.3 Å². The molecule has 0 bridgehead atoms. The van der Waals surface area contributed by atoms with Crippen LogP contribution in [0.1, 0.15) is 0 Å². The second-order valence-electron chi connectivity index (χ2n) is 14.7. The normalized spacial score (nSPS) is 12.6. The second kappa shape index (κ2) is 9.51. The largest absolute Gasteiger partial charge is 0.0622 e. The van der Waals surface area contributed by atoms with Crippen LogP contribution in [0.25, 0.3) is 130 Å². The first-order valence-electron chi connectivity index (χ1n) is 18.3. The summed E-state index contributed by atoms with van der Waals surface area (Å²) in [6, 6.07) is 64.2. The number of hydrogen-bond donors (Lipinski definition) is 0. The van der Waals surface area contributed by atoms with Crippen LogP contribution >= 0.6 is 0 Å². The highest BCUT2D eigenvalue weighted by Crippen LogP contribution is 2.56. The third kappa shape index (κ3) is 3.24. The Morgan fingerprint density at radius 3 is 1.69 bits per heavy atom. The standard InChI is InChI=1S/C52H28/c1-2-11-30(12-3-1)47-49-39-19-9-18-38-36-16-6-7-17-37(36)41(48(38)39)28-43(49)45(35-23-20-29-10-4-5-13-33(29)26-35)52-42-27-34-15-8-14-31-21-22-32-24-25-40(51(47)52)50(42)46(32)44(31)34/h1-28H. The molecule has 0 aliphatic rings. The van der Waals surface area contributed by atoms with E-state index in [0.29, 0.717) is 0 Å². The van der Waals surface area contributed by atoms with Crippen molar-refractivity contribution < 1.29 is 0 Å². The van der Waals surface area contributed by atoms with Gasteiger partial charge in [0.1, 0.15) is 0 Å². The van der Waals surface area contributed by atoms with Crippen molar-refractivity contribution in [2.75, 3.05) is 0 Å². The molecule has 0 spiro atoms. The molecule has 13 aromatic rings. The van der Waals surface area contributed by atoms with Gasteiger partial charge in [-0.2, -0.15) is 0 Å². The summed E-state index contributed by atoms with van der Waals surface area (Å²) in [6.07, 6.45) is 0. The molecule has 0 unspecified atom stereocenters. The maximum absolute atomic E-state index is 2.54. The fourth-order valence-corrected chi connectivity index (χ4v) is 10.2. The summed E-state index contributed by atoms with van der Waals surface area (Å²) < 4.78 is 0. The van der Waals surface area contributed by atoms with Crippen LogP contribution in [-0.2, 0) is 0 Å². The first-order valence-corrected chi connectivity index (χ1v) is 18.3. The van der Waals surface area contributed by atoms with Gasteiger partial charge in [-0.15, -0.1) is 0 Å². The lowest BCUT2D eigenvalue weighted by molar-refractivity contribution is 1.69. The minimum Gasteiger partial charge on any atom is -0.0622 e. The van der Waals surface area contributed by atoms with Gasteiger partial charge >= 0.3 is 0 Å². The van der Waals surface area contributed by atoms with Crippen LogP contribution in [0, 0.1) is 0 Å². The molecule has 0 amide bonds. The van der Waals surface area contributed by atoms with Gasteiger partial charge in [0, 0.05) is 0 Å². The van der Waals surface area contributed by atoms with Crippen molar-refractivity contribution in [1.29, 1.82) is 0 Å². The smallest absolute Gasteiger partial charge is 0.000717 e. The number of benzene rings is 11. The summed E-state index contributed by atoms with van der Waals surface area (Å²) in [5.74, 6) is 0. The minimum atomic E-state index is 1.26. The van der Waals surface area contributed by atoms with Crippen molar-refractivity contribution in [2.24, 2.45) is 0 Å². The van der Waals surface area contributed by atoms with Gasteiger partial charge in [-0.25, -0.2) is 0 Å². The van der Waals surface area contributed by atoms with Crippen molar-refractivity contribution in [2.45, 2.75) is 0 Å². The second-order valence-corrected chi connectivity index (χ2v) is 14.7. The molecule has 52 heavy (non-hydrogen) atoms. The molecule has 0 aromatic heterocycles. The zero-order chi connectivity index (χ0) is 33.7. The van der Waals surface area contributed by atoms with E-state index in [2.05, 4.69) is 170 Å². The molecule has 0 atom stereocenters. The van der Waals surface area contributed by atoms with Crippen LogP contribution in [0.15, 0.2) is 170 Å². The quantitative estimate of drug-likeness (QED) is 0.163. The first kappa shape index (κ1) is 27.0. The van der Waals surface area contributed by atoms with Gasteiger partial charge in [0.25, 0.3) is 0 Å². The first-order chi connectivity index (χ1) is 25.8. The minimum absolute atomic E-state index is 1.26. The Morgan fingerprint density at radius 1 is 0.192 bits per heavy atom. The van der Waals surface area contributed by atoms with E-state index in [-0.39, 0.29) is 0 Å². The predicted octanol–water partition coefficient (Wildman–Crippen LogP) is 14.9. The zero-order valence-electron chi connectivity index (χ0n) is 28.2. The third-order valence-electron chi connectivity index (χ3n) is 12.2. The SMILES string of the molecule is c1ccc(-c2c3c(cc4c5ccccc5c5cccc3c54)c(-c3ccc4ccccc4c3)c3c4cc5cccc6ccc7ccc(c23)c4c7c65)cc1. The summed E-state index contributed by atoms with van der Waals surface area (Å²) in [4.78, 5) is 0. The van der Waals surface area contributed by atoms with E-state index in [9.17, 15) is 0 Å². The van der Waals surface area contributed by atoms with Gasteiger partial charge in [-0.1, -0.05) is 152 Å². The van der Waals surface area contributed by atoms with E-state index in [4.69, 9.17) is 0 Å². The van der Waals surface area contributed by atoms with E-state index in [1.807, 2.05) is 0 Å². The molecule has 0 nitrogen and oxygen atoms in total. The lowest BCUT2D eigenvalue weighted by Crippen LogP contribution is -1.91. The van der Waals surface area contributed by atoms with Gasteiger partial charge in [0.2, 0.25) is 0 Å². The molecule has 0 aliphatic carbocycles. The Bertz CT molecular complexity index is 3610. The molecule has 0 aliphatic heterocycles. The fourth-order valence-electron chi connectivity index (χ4n) is 10.2. The summed E-state index contributed by atoms with van der Waals surface area (Å²) >= 11 is 0. The van der Waals surface area contributed by atoms with Crippen LogP contribution in [0.5, 0.6) is 0 Å². The van der Waals surface area contributed by atoms with Gasteiger partial charge in [-0.3, -0.25) is 0 Å². The molecule has 0 heterocycles. The average Bonchev–Trinajstić information content (AvgIpc) is 3.71. The molecule has 0 heteroatoms. The Morgan fingerprint density at radius 2 is 0.808 bits per heavy atom. The Kier molecular flexibility index (Phi) is 4.94. The zero-order valence-corrected chi connectivity index (χ0v) is 28.2. The summed E-state index contributed by atoms with van der Waals surface area (Å²) in [6.45, 7) is 0. The fraction of sp³-hybridized carbons (Fsp3) is 0. The Labute approximate surface area is 298 Å². The molecular formula is C52H28. The lowest BCUT2D eigenvalue weighted by atomic mass is 9.83. The number of hydrogen-bond acceptors (Lipinski definition) is 0. The molecule has 0 saturated heterocycles. The summed E-state index contributed by atoms with van der Waals surface area (Å²) in [7, 11) is 0. The van der Waals surface area contributed by atoms with Crippen LogP contribution in [0.2, 0.25) is 0 Å². The molecule has 236 valence electrons. The highest BCUT2D eigenvalue weighted by molar-refractivity contribution is 6.47. The number of rotatable bonds is 2. The van der Waals surface area contributed by atoms with E-state index in [0.717, 1.165) is 0 Å².